The minimum absolute atomic E-state index is 0.0309. The molecule has 1 amide bonds. The van der Waals surface area contributed by atoms with Crippen LogP contribution in [0.1, 0.15) is 23.0 Å². The lowest BCUT2D eigenvalue weighted by Gasteiger charge is -2.09. The quantitative estimate of drug-likeness (QED) is 0.325. The molecule has 26 heavy (non-hydrogen) atoms. The minimum Gasteiger partial charge on any atom is -0.469 e. The zero-order chi connectivity index (χ0) is 19.1. The van der Waals surface area contributed by atoms with Gasteiger partial charge in [0, 0.05) is 11.6 Å². The van der Waals surface area contributed by atoms with Crippen molar-refractivity contribution in [2.24, 2.45) is 0 Å². The van der Waals surface area contributed by atoms with Crippen molar-refractivity contribution in [2.75, 3.05) is 18.2 Å². The van der Waals surface area contributed by atoms with Crippen molar-refractivity contribution in [3.05, 3.63) is 51.9 Å². The van der Waals surface area contributed by atoms with Crippen molar-refractivity contribution in [3.63, 3.8) is 0 Å². The van der Waals surface area contributed by atoms with Crippen LogP contribution in [-0.2, 0) is 20.7 Å². The number of para-hydroxylation sites is 1. The lowest BCUT2D eigenvalue weighted by atomic mass is 10.1. The van der Waals surface area contributed by atoms with Crippen LogP contribution in [0.4, 0.5) is 5.69 Å². The van der Waals surface area contributed by atoms with E-state index in [-0.39, 0.29) is 34.7 Å². The van der Waals surface area contributed by atoms with Gasteiger partial charge >= 0.3 is 5.97 Å². The van der Waals surface area contributed by atoms with E-state index in [1.807, 2.05) is 0 Å². The highest BCUT2D eigenvalue weighted by molar-refractivity contribution is 7.99. The largest absolute Gasteiger partial charge is 0.469 e. The average molecular weight is 375 g/mol. The van der Waals surface area contributed by atoms with E-state index in [1.165, 1.54) is 20.1 Å². The second-order valence-corrected chi connectivity index (χ2v) is 6.20. The predicted octanol–water partition coefficient (Wildman–Crippen LogP) is 1.42. The van der Waals surface area contributed by atoms with E-state index in [0.29, 0.717) is 11.3 Å². The van der Waals surface area contributed by atoms with Gasteiger partial charge in [-0.25, -0.2) is 4.98 Å². The molecule has 1 aromatic heterocycles. The summed E-state index contributed by atoms with van der Waals surface area (Å²) in [4.78, 5) is 53.2. The Labute approximate surface area is 153 Å². The molecule has 136 valence electrons. The zero-order valence-electron chi connectivity index (χ0n) is 14.2. The molecule has 1 aromatic carbocycles. The number of hydrogen-bond donors (Lipinski definition) is 2. The van der Waals surface area contributed by atoms with Crippen LogP contribution in [0.5, 0.6) is 0 Å². The van der Waals surface area contributed by atoms with Gasteiger partial charge in [-0.2, -0.15) is 0 Å². The number of rotatable bonds is 7. The van der Waals surface area contributed by atoms with Crippen molar-refractivity contribution in [2.45, 2.75) is 18.5 Å². The number of methoxy groups -OCH3 is 1. The second-order valence-electron chi connectivity index (χ2n) is 5.23. The zero-order valence-corrected chi connectivity index (χ0v) is 15.0. The number of aromatic nitrogens is 2. The SMILES string of the molecule is COC(=O)Cc1cc(=O)[nH]c(SCC(=O)Nc2ccccc2C(C)=O)n1. The van der Waals surface area contributed by atoms with Crippen molar-refractivity contribution < 1.29 is 19.1 Å². The van der Waals surface area contributed by atoms with Crippen LogP contribution >= 0.6 is 11.8 Å². The average Bonchev–Trinajstić information content (AvgIpc) is 2.59. The number of hydrogen-bond acceptors (Lipinski definition) is 7. The van der Waals surface area contributed by atoms with Gasteiger partial charge in [0.15, 0.2) is 10.9 Å². The third-order valence-electron chi connectivity index (χ3n) is 3.25. The molecule has 8 nitrogen and oxygen atoms in total. The Morgan fingerprint density at radius 3 is 2.69 bits per heavy atom. The summed E-state index contributed by atoms with van der Waals surface area (Å²) >= 11 is 1.01. The first kappa shape index (κ1) is 19.4. The molecule has 0 unspecified atom stereocenters. The van der Waals surface area contributed by atoms with E-state index in [2.05, 4.69) is 20.0 Å². The number of carbonyl (C=O) groups is 3. The van der Waals surface area contributed by atoms with Gasteiger partial charge in [-0.3, -0.25) is 19.2 Å². The number of esters is 1. The standard InChI is InChI=1S/C17H17N3O5S/c1-10(21)12-5-3-4-6-13(12)19-15(23)9-26-17-18-11(7-14(22)20-17)8-16(24)25-2/h3-7H,8-9H2,1-2H3,(H,19,23)(H,18,20,22). The number of carbonyl (C=O) groups excluding carboxylic acids is 3. The lowest BCUT2D eigenvalue weighted by Crippen LogP contribution is -2.18. The fourth-order valence-corrected chi connectivity index (χ4v) is 2.78. The Morgan fingerprint density at radius 1 is 1.27 bits per heavy atom. The summed E-state index contributed by atoms with van der Waals surface area (Å²) in [5.74, 6) is -1.06. The summed E-state index contributed by atoms with van der Waals surface area (Å²) < 4.78 is 4.54. The summed E-state index contributed by atoms with van der Waals surface area (Å²) in [5.41, 5.74) is 0.665. The molecule has 0 spiro atoms. The Kier molecular flexibility index (Phi) is 6.67. The molecule has 0 radical (unpaired) electrons. The first-order valence-electron chi connectivity index (χ1n) is 7.58. The van der Waals surface area contributed by atoms with Crippen LogP contribution < -0.4 is 10.9 Å². The Morgan fingerprint density at radius 2 is 2.00 bits per heavy atom. The summed E-state index contributed by atoms with van der Waals surface area (Å²) in [6, 6.07) is 7.88. The van der Waals surface area contributed by atoms with Crippen LogP contribution in [0, 0.1) is 0 Å². The predicted molar refractivity (Wildman–Crippen MR) is 96.4 cm³/mol. The number of H-pyrrole nitrogens is 1. The Hall–Kier alpha value is -2.94. The molecular weight excluding hydrogens is 358 g/mol. The molecule has 2 N–H and O–H groups in total. The molecule has 0 aliphatic carbocycles. The van der Waals surface area contributed by atoms with E-state index in [9.17, 15) is 19.2 Å². The Bertz CT molecular complexity index is 894. The molecule has 0 aliphatic rings. The van der Waals surface area contributed by atoms with E-state index in [0.717, 1.165) is 11.8 Å². The topological polar surface area (TPSA) is 118 Å². The summed E-state index contributed by atoms with van der Waals surface area (Å²) in [6.45, 7) is 1.42. The van der Waals surface area contributed by atoms with E-state index in [4.69, 9.17) is 0 Å². The molecule has 0 saturated carbocycles. The molecule has 0 bridgehead atoms. The number of nitrogens with zero attached hydrogens (tertiary/aromatic N) is 1. The van der Waals surface area contributed by atoms with Crippen molar-refractivity contribution >= 4 is 35.1 Å². The molecular formula is C17H17N3O5S. The van der Waals surface area contributed by atoms with E-state index >= 15 is 0 Å². The molecule has 2 rings (SSSR count). The number of ether oxygens (including phenoxy) is 1. The number of aromatic amines is 1. The fraction of sp³-hybridized carbons (Fsp3) is 0.235. The minimum atomic E-state index is -0.516. The maximum absolute atomic E-state index is 12.1. The molecule has 0 saturated heterocycles. The van der Waals surface area contributed by atoms with Gasteiger partial charge in [-0.1, -0.05) is 23.9 Å². The highest BCUT2D eigenvalue weighted by Crippen LogP contribution is 2.17. The summed E-state index contributed by atoms with van der Waals surface area (Å²) in [5, 5.41) is 2.87. The van der Waals surface area contributed by atoms with E-state index in [1.54, 1.807) is 24.3 Å². The van der Waals surface area contributed by atoms with Gasteiger partial charge in [-0.05, 0) is 19.1 Å². The molecule has 9 heteroatoms. The normalized spacial score (nSPS) is 10.2. The number of nitrogens with one attached hydrogen (secondary N) is 2. The number of anilines is 1. The lowest BCUT2D eigenvalue weighted by molar-refractivity contribution is -0.139. The third-order valence-corrected chi connectivity index (χ3v) is 4.12. The maximum atomic E-state index is 12.1. The number of amides is 1. The molecule has 2 aromatic rings. The number of thioether (sulfide) groups is 1. The number of ketones is 1. The highest BCUT2D eigenvalue weighted by Gasteiger charge is 2.12. The molecule has 0 atom stereocenters. The van der Waals surface area contributed by atoms with Gasteiger partial charge in [-0.15, -0.1) is 0 Å². The molecule has 1 heterocycles. The summed E-state index contributed by atoms with van der Waals surface area (Å²) in [6.07, 6.45) is -0.133. The van der Waals surface area contributed by atoms with Crippen LogP contribution in [0.2, 0.25) is 0 Å². The number of benzene rings is 1. The van der Waals surface area contributed by atoms with E-state index < -0.39 is 11.5 Å². The maximum Gasteiger partial charge on any atom is 0.311 e. The van der Waals surface area contributed by atoms with Gasteiger partial charge in [0.05, 0.1) is 30.7 Å². The van der Waals surface area contributed by atoms with Crippen molar-refractivity contribution in [3.8, 4) is 0 Å². The summed E-state index contributed by atoms with van der Waals surface area (Å²) in [7, 11) is 1.24. The first-order valence-corrected chi connectivity index (χ1v) is 8.57. The second kappa shape index (κ2) is 8.95. The fourth-order valence-electron chi connectivity index (χ4n) is 2.08. The third kappa shape index (κ3) is 5.55. The van der Waals surface area contributed by atoms with Gasteiger partial charge in [0.2, 0.25) is 5.91 Å². The molecule has 0 fully saturated rings. The van der Waals surface area contributed by atoms with Crippen molar-refractivity contribution in [1.82, 2.24) is 9.97 Å². The first-order chi connectivity index (χ1) is 12.4. The van der Waals surface area contributed by atoms with Crippen LogP contribution in [0.3, 0.4) is 0 Å². The van der Waals surface area contributed by atoms with Gasteiger partial charge < -0.3 is 15.0 Å². The van der Waals surface area contributed by atoms with Crippen molar-refractivity contribution in [1.29, 1.82) is 0 Å². The highest BCUT2D eigenvalue weighted by atomic mass is 32.2. The van der Waals surface area contributed by atoms with Gasteiger partial charge in [0.1, 0.15) is 0 Å². The molecule has 0 aliphatic heterocycles. The smallest absolute Gasteiger partial charge is 0.311 e. The van der Waals surface area contributed by atoms with Crippen LogP contribution in [0.25, 0.3) is 0 Å². The Balaban J connectivity index is 2.03. The van der Waals surface area contributed by atoms with Crippen LogP contribution in [-0.4, -0.2) is 40.5 Å². The van der Waals surface area contributed by atoms with Gasteiger partial charge in [0.25, 0.3) is 5.56 Å². The monoisotopic (exact) mass is 375 g/mol. The van der Waals surface area contributed by atoms with Crippen LogP contribution in [0.15, 0.2) is 40.3 Å². The number of Topliss-reactive ketones (excluding diaryl/α,β-unsaturated/α-hetero) is 1.